The summed E-state index contributed by atoms with van der Waals surface area (Å²) in [6.45, 7) is 0. The number of para-hydroxylation sites is 1. The molecule has 1 aliphatic heterocycles. The summed E-state index contributed by atoms with van der Waals surface area (Å²) in [7, 11) is 0. The first-order valence-corrected chi connectivity index (χ1v) is 10.4. The van der Waals surface area contributed by atoms with E-state index in [4.69, 9.17) is 0 Å². The zero-order valence-electron chi connectivity index (χ0n) is 15.7. The third-order valence-corrected chi connectivity index (χ3v) is 6.11. The van der Waals surface area contributed by atoms with Crippen LogP contribution in [0.4, 0.5) is 10.1 Å². The van der Waals surface area contributed by atoms with Gasteiger partial charge in [0.05, 0.1) is 6.04 Å². The van der Waals surface area contributed by atoms with Gasteiger partial charge in [-0.3, -0.25) is 9.59 Å². The summed E-state index contributed by atoms with van der Waals surface area (Å²) < 4.78 is 13.3. The summed E-state index contributed by atoms with van der Waals surface area (Å²) in [5.41, 5.74) is 2.78. The van der Waals surface area contributed by atoms with Crippen LogP contribution in [0.5, 0.6) is 0 Å². The van der Waals surface area contributed by atoms with Crippen LogP contribution >= 0.6 is 11.3 Å². The van der Waals surface area contributed by atoms with Gasteiger partial charge < -0.3 is 10.6 Å². The van der Waals surface area contributed by atoms with Crippen molar-refractivity contribution in [2.75, 3.05) is 5.32 Å². The van der Waals surface area contributed by atoms with Crippen molar-refractivity contribution < 1.29 is 14.0 Å². The highest BCUT2D eigenvalue weighted by Gasteiger charge is 2.27. The number of rotatable bonds is 6. The molecule has 0 aliphatic carbocycles. The van der Waals surface area contributed by atoms with Crippen molar-refractivity contribution in [2.45, 2.75) is 25.3 Å². The van der Waals surface area contributed by atoms with Crippen LogP contribution in [0.3, 0.4) is 0 Å². The number of halogens is 1. The summed E-state index contributed by atoms with van der Waals surface area (Å²) in [6.07, 6.45) is 1.37. The number of benzene rings is 2. The number of anilines is 1. The summed E-state index contributed by atoms with van der Waals surface area (Å²) in [5, 5.41) is 7.92. The average molecular weight is 408 g/mol. The Morgan fingerprint density at radius 1 is 1.14 bits per heavy atom. The molecule has 0 saturated heterocycles. The van der Waals surface area contributed by atoms with Crippen LogP contribution in [-0.2, 0) is 16.0 Å². The largest absolute Gasteiger partial charge is 0.344 e. The van der Waals surface area contributed by atoms with Crippen molar-refractivity contribution in [3.05, 3.63) is 87.9 Å². The Hall–Kier alpha value is -2.99. The normalized spacial score (nSPS) is 16.6. The zero-order valence-corrected chi connectivity index (χ0v) is 16.5. The van der Waals surface area contributed by atoms with Gasteiger partial charge in [-0.1, -0.05) is 36.4 Å². The molecule has 0 radical (unpaired) electrons. The lowest BCUT2D eigenvalue weighted by molar-refractivity contribution is -0.123. The lowest BCUT2D eigenvalue weighted by atomic mass is 9.89. The van der Waals surface area contributed by atoms with Crippen LogP contribution in [0.1, 0.15) is 34.9 Å². The summed E-state index contributed by atoms with van der Waals surface area (Å²) in [4.78, 5) is 26.0. The van der Waals surface area contributed by atoms with Gasteiger partial charge in [-0.05, 0) is 53.6 Å². The van der Waals surface area contributed by atoms with Crippen LogP contribution in [0, 0.1) is 11.7 Å². The molecule has 2 heterocycles. The van der Waals surface area contributed by atoms with Gasteiger partial charge in [0.2, 0.25) is 11.8 Å². The van der Waals surface area contributed by atoms with Gasteiger partial charge in [-0.2, -0.15) is 0 Å². The Morgan fingerprint density at radius 3 is 2.69 bits per heavy atom. The number of fused-ring (bicyclic) bond motifs is 1. The van der Waals surface area contributed by atoms with E-state index in [-0.39, 0.29) is 36.0 Å². The van der Waals surface area contributed by atoms with Gasteiger partial charge in [0.25, 0.3) is 0 Å². The predicted octanol–water partition coefficient (Wildman–Crippen LogP) is 4.68. The maximum atomic E-state index is 13.3. The van der Waals surface area contributed by atoms with Crippen LogP contribution in [0.25, 0.3) is 0 Å². The first-order chi connectivity index (χ1) is 14.1. The highest BCUT2D eigenvalue weighted by Crippen LogP contribution is 2.29. The van der Waals surface area contributed by atoms with Gasteiger partial charge in [-0.25, -0.2) is 4.39 Å². The molecule has 2 aromatic carbocycles. The molecule has 4 rings (SSSR count). The molecule has 1 aliphatic rings. The van der Waals surface area contributed by atoms with Gasteiger partial charge in [0.15, 0.2) is 0 Å². The standard InChI is InChI=1S/C23H21FN2O2S/c24-18-10-7-15(8-11-18)22(20-6-3-13-29-20)26-21(27)12-9-17-14-16-4-1-2-5-19(16)25-23(17)28/h1-8,10-11,13,17,22H,9,12,14H2,(H,25,28)(H,26,27). The quantitative estimate of drug-likeness (QED) is 0.622. The number of carbonyl (C=O) groups excluding carboxylic acids is 2. The van der Waals surface area contributed by atoms with Crippen molar-refractivity contribution in [1.82, 2.24) is 5.32 Å². The third-order valence-electron chi connectivity index (χ3n) is 5.17. The van der Waals surface area contributed by atoms with Crippen LogP contribution < -0.4 is 10.6 Å². The number of thiophene rings is 1. The van der Waals surface area contributed by atoms with Gasteiger partial charge >= 0.3 is 0 Å². The van der Waals surface area contributed by atoms with Crippen molar-refractivity contribution in [2.24, 2.45) is 5.92 Å². The van der Waals surface area contributed by atoms with E-state index in [1.54, 1.807) is 12.1 Å². The Morgan fingerprint density at radius 2 is 1.93 bits per heavy atom. The third kappa shape index (κ3) is 4.54. The number of carbonyl (C=O) groups is 2. The van der Waals surface area contributed by atoms with E-state index in [1.807, 2.05) is 41.8 Å². The molecule has 0 bridgehead atoms. The molecule has 29 heavy (non-hydrogen) atoms. The molecule has 0 saturated carbocycles. The number of hydrogen-bond donors (Lipinski definition) is 2. The highest BCUT2D eigenvalue weighted by molar-refractivity contribution is 7.10. The van der Waals surface area contributed by atoms with Crippen LogP contribution in [0.15, 0.2) is 66.0 Å². The lowest BCUT2D eigenvalue weighted by Crippen LogP contribution is -2.33. The minimum absolute atomic E-state index is 0.0372. The summed E-state index contributed by atoms with van der Waals surface area (Å²) >= 11 is 1.54. The molecule has 148 valence electrons. The molecular formula is C23H21FN2O2S. The van der Waals surface area contributed by atoms with Gasteiger partial charge in [0, 0.05) is 22.9 Å². The Bertz CT molecular complexity index is 1000. The maximum Gasteiger partial charge on any atom is 0.227 e. The van der Waals surface area contributed by atoms with E-state index >= 15 is 0 Å². The number of amides is 2. The Balaban J connectivity index is 1.41. The first kappa shape index (κ1) is 19.3. The van der Waals surface area contributed by atoms with Crippen molar-refractivity contribution in [3.8, 4) is 0 Å². The molecule has 2 atom stereocenters. The SMILES string of the molecule is O=C(CCC1Cc2ccccc2NC1=O)NC(c1ccc(F)cc1)c1cccs1. The van der Waals surface area contributed by atoms with E-state index in [9.17, 15) is 14.0 Å². The molecule has 0 fully saturated rings. The molecule has 2 amide bonds. The topological polar surface area (TPSA) is 58.2 Å². The fourth-order valence-electron chi connectivity index (χ4n) is 3.61. The fourth-order valence-corrected chi connectivity index (χ4v) is 4.42. The van der Waals surface area contributed by atoms with E-state index in [2.05, 4.69) is 10.6 Å². The second kappa shape index (κ2) is 8.57. The minimum Gasteiger partial charge on any atom is -0.344 e. The maximum absolute atomic E-state index is 13.3. The monoisotopic (exact) mass is 408 g/mol. The second-order valence-electron chi connectivity index (χ2n) is 7.15. The number of hydrogen-bond acceptors (Lipinski definition) is 3. The molecule has 2 unspecified atom stereocenters. The predicted molar refractivity (Wildman–Crippen MR) is 112 cm³/mol. The minimum atomic E-state index is -0.330. The fraction of sp³-hybridized carbons (Fsp3) is 0.217. The molecule has 1 aromatic heterocycles. The smallest absolute Gasteiger partial charge is 0.227 e. The van der Waals surface area contributed by atoms with E-state index in [0.717, 1.165) is 21.7 Å². The van der Waals surface area contributed by atoms with Crippen molar-refractivity contribution in [3.63, 3.8) is 0 Å². The molecule has 3 aromatic rings. The molecular weight excluding hydrogens is 387 g/mol. The molecule has 2 N–H and O–H groups in total. The van der Waals surface area contributed by atoms with E-state index in [0.29, 0.717) is 12.8 Å². The van der Waals surface area contributed by atoms with Crippen molar-refractivity contribution >= 4 is 28.8 Å². The summed E-state index contributed by atoms with van der Waals surface area (Å²) in [5.74, 6) is -0.695. The molecule has 4 nitrogen and oxygen atoms in total. The van der Waals surface area contributed by atoms with Gasteiger partial charge in [0.1, 0.15) is 5.82 Å². The lowest BCUT2D eigenvalue weighted by Gasteiger charge is -2.25. The summed E-state index contributed by atoms with van der Waals surface area (Å²) in [6, 6.07) is 17.4. The van der Waals surface area contributed by atoms with Gasteiger partial charge in [-0.15, -0.1) is 11.3 Å². The Kier molecular flexibility index (Phi) is 5.71. The van der Waals surface area contributed by atoms with Crippen LogP contribution in [0.2, 0.25) is 0 Å². The molecule has 0 spiro atoms. The van der Waals surface area contributed by atoms with E-state index in [1.165, 1.54) is 23.5 Å². The molecule has 6 heteroatoms. The Labute approximate surface area is 172 Å². The van der Waals surface area contributed by atoms with Crippen molar-refractivity contribution in [1.29, 1.82) is 0 Å². The second-order valence-corrected chi connectivity index (χ2v) is 8.13. The highest BCUT2D eigenvalue weighted by atomic mass is 32.1. The average Bonchev–Trinajstić information content (AvgIpc) is 3.26. The number of nitrogens with one attached hydrogen (secondary N) is 2. The van der Waals surface area contributed by atoms with Crippen LogP contribution in [-0.4, -0.2) is 11.8 Å². The zero-order chi connectivity index (χ0) is 20.2. The van der Waals surface area contributed by atoms with E-state index < -0.39 is 0 Å². The first-order valence-electron chi connectivity index (χ1n) is 9.57.